The molecule has 0 spiro atoms. The molecule has 3 aromatic rings. The highest BCUT2D eigenvalue weighted by Gasteiger charge is 2.35. The summed E-state index contributed by atoms with van der Waals surface area (Å²) in [5.41, 5.74) is 0.908. The third kappa shape index (κ3) is 4.37. The minimum Gasteiger partial charge on any atom is -0.376 e. The highest BCUT2D eigenvalue weighted by atomic mass is 32.1. The fourth-order valence-corrected chi connectivity index (χ4v) is 6.04. The molecule has 5 rings (SSSR count). The van der Waals surface area contributed by atoms with Gasteiger partial charge in [0.25, 0.3) is 5.91 Å². The zero-order valence-corrected chi connectivity index (χ0v) is 18.9. The number of nitrogens with zero attached hydrogens (tertiary/aromatic N) is 3. The lowest BCUT2D eigenvalue weighted by atomic mass is 9.96. The molecule has 2 aliphatic heterocycles. The Hall–Kier alpha value is -2.29. The Bertz CT molecular complexity index is 1030. The number of hydrogen-bond donors (Lipinski definition) is 0. The molecule has 2 atom stereocenters. The van der Waals surface area contributed by atoms with Crippen LogP contribution in [0.3, 0.4) is 0 Å². The van der Waals surface area contributed by atoms with E-state index in [-0.39, 0.29) is 23.8 Å². The number of rotatable bonds is 5. The second-order valence-corrected chi connectivity index (χ2v) is 10.1. The maximum Gasteiger partial charge on any atom is 0.263 e. The predicted molar refractivity (Wildman–Crippen MR) is 124 cm³/mol. The molecule has 0 bridgehead atoms. The molecule has 162 valence electrons. The van der Waals surface area contributed by atoms with Crippen LogP contribution in [0.5, 0.6) is 0 Å². The van der Waals surface area contributed by atoms with Gasteiger partial charge in [-0.15, -0.1) is 11.3 Å². The average Bonchev–Trinajstić information content (AvgIpc) is 3.58. The fourth-order valence-electron chi connectivity index (χ4n) is 4.37. The van der Waals surface area contributed by atoms with Crippen molar-refractivity contribution in [3.8, 4) is 0 Å². The van der Waals surface area contributed by atoms with Crippen molar-refractivity contribution in [2.45, 2.75) is 31.8 Å². The Balaban J connectivity index is 1.38. The number of likely N-dealkylation sites (tertiary alicyclic amines) is 1. The first-order chi connectivity index (χ1) is 15.2. The van der Waals surface area contributed by atoms with Crippen molar-refractivity contribution in [1.29, 1.82) is 0 Å². The van der Waals surface area contributed by atoms with Crippen molar-refractivity contribution in [1.82, 2.24) is 9.88 Å². The Morgan fingerprint density at radius 3 is 2.84 bits per heavy atom. The topological polar surface area (TPSA) is 62.7 Å². The molecule has 0 aliphatic carbocycles. The quantitative estimate of drug-likeness (QED) is 0.571. The molecule has 2 amide bonds. The zero-order chi connectivity index (χ0) is 21.2. The molecule has 4 heterocycles. The lowest BCUT2D eigenvalue weighted by Crippen LogP contribution is -2.48. The third-order valence-corrected chi connectivity index (χ3v) is 7.90. The van der Waals surface area contributed by atoms with Crippen LogP contribution in [0.1, 0.15) is 35.4 Å². The average molecular weight is 456 g/mol. The highest BCUT2D eigenvalue weighted by Crippen LogP contribution is 2.32. The van der Waals surface area contributed by atoms with Crippen LogP contribution in [0, 0.1) is 5.92 Å². The van der Waals surface area contributed by atoms with Crippen molar-refractivity contribution in [3.05, 3.63) is 46.7 Å². The van der Waals surface area contributed by atoms with E-state index in [1.807, 2.05) is 51.6 Å². The zero-order valence-electron chi connectivity index (χ0n) is 17.2. The first-order valence-electron chi connectivity index (χ1n) is 10.8. The first-order valence-corrected chi connectivity index (χ1v) is 12.5. The number of carbonyl (C=O) groups is 2. The Labute approximate surface area is 189 Å². The van der Waals surface area contributed by atoms with E-state index in [4.69, 9.17) is 9.72 Å². The van der Waals surface area contributed by atoms with Gasteiger partial charge in [-0.2, -0.15) is 0 Å². The summed E-state index contributed by atoms with van der Waals surface area (Å²) in [6.07, 6.45) is 3.66. The lowest BCUT2D eigenvalue weighted by Gasteiger charge is -2.34. The number of fused-ring (bicyclic) bond motifs is 1. The van der Waals surface area contributed by atoms with E-state index in [0.717, 1.165) is 52.5 Å². The van der Waals surface area contributed by atoms with Crippen LogP contribution in [0.15, 0.2) is 41.8 Å². The van der Waals surface area contributed by atoms with Gasteiger partial charge in [-0.3, -0.25) is 14.5 Å². The number of ether oxygens (including phenoxy) is 1. The van der Waals surface area contributed by atoms with Crippen molar-refractivity contribution in [2.75, 3.05) is 31.1 Å². The Morgan fingerprint density at radius 1 is 1.16 bits per heavy atom. The van der Waals surface area contributed by atoms with Crippen LogP contribution in [-0.4, -0.2) is 54.0 Å². The van der Waals surface area contributed by atoms with E-state index in [0.29, 0.717) is 19.6 Å². The lowest BCUT2D eigenvalue weighted by molar-refractivity contribution is -0.124. The fraction of sp³-hybridized carbons (Fsp3) is 0.435. The van der Waals surface area contributed by atoms with Crippen molar-refractivity contribution in [2.24, 2.45) is 5.92 Å². The van der Waals surface area contributed by atoms with E-state index in [9.17, 15) is 9.59 Å². The van der Waals surface area contributed by atoms with Gasteiger partial charge in [0.15, 0.2) is 5.13 Å². The van der Waals surface area contributed by atoms with Gasteiger partial charge >= 0.3 is 0 Å². The number of anilines is 1. The summed E-state index contributed by atoms with van der Waals surface area (Å²) in [5.74, 6) is -0.137. The molecule has 2 unspecified atom stereocenters. The number of hydrogen-bond acceptors (Lipinski definition) is 6. The second kappa shape index (κ2) is 9.06. The third-order valence-electron chi connectivity index (χ3n) is 5.98. The molecular weight excluding hydrogens is 430 g/mol. The minimum absolute atomic E-state index is 0.0261. The number of thiazole rings is 1. The number of piperidine rings is 1. The summed E-state index contributed by atoms with van der Waals surface area (Å²) in [6.45, 7) is 2.43. The van der Waals surface area contributed by atoms with Gasteiger partial charge in [0.2, 0.25) is 5.91 Å². The van der Waals surface area contributed by atoms with Crippen LogP contribution in [-0.2, 0) is 9.53 Å². The van der Waals surface area contributed by atoms with Gasteiger partial charge in [-0.25, -0.2) is 4.98 Å². The van der Waals surface area contributed by atoms with Crippen molar-refractivity contribution in [3.63, 3.8) is 0 Å². The molecule has 2 aromatic heterocycles. The number of carbonyl (C=O) groups excluding carboxylic acids is 2. The number of amides is 2. The molecule has 2 saturated heterocycles. The maximum absolute atomic E-state index is 13.7. The maximum atomic E-state index is 13.7. The van der Waals surface area contributed by atoms with Crippen LogP contribution in [0.4, 0.5) is 5.13 Å². The van der Waals surface area contributed by atoms with E-state index < -0.39 is 0 Å². The Kier molecular flexibility index (Phi) is 6.02. The minimum atomic E-state index is -0.217. The molecule has 8 heteroatoms. The summed E-state index contributed by atoms with van der Waals surface area (Å²) in [7, 11) is 0. The number of para-hydroxylation sites is 1. The molecule has 0 radical (unpaired) electrons. The molecule has 2 fully saturated rings. The summed E-state index contributed by atoms with van der Waals surface area (Å²) in [4.78, 5) is 35.7. The molecule has 0 saturated carbocycles. The summed E-state index contributed by atoms with van der Waals surface area (Å²) in [5, 5.41) is 2.64. The normalized spacial score (nSPS) is 21.5. The highest BCUT2D eigenvalue weighted by molar-refractivity contribution is 7.22. The smallest absolute Gasteiger partial charge is 0.263 e. The van der Waals surface area contributed by atoms with Gasteiger partial charge in [-0.1, -0.05) is 29.5 Å². The molecule has 1 aromatic carbocycles. The summed E-state index contributed by atoms with van der Waals surface area (Å²) >= 11 is 3.00. The summed E-state index contributed by atoms with van der Waals surface area (Å²) in [6, 6.07) is 11.7. The standard InChI is InChI=1S/C23H25N3O3S2/c27-21(16-6-3-11-25(14-16)22(28)20-10-5-13-30-20)26(15-17-7-4-12-29-17)23-24-18-8-1-2-9-19(18)31-23/h1-2,5,8-10,13,16-17H,3-4,6-7,11-12,14-15H2. The molecule has 6 nitrogen and oxygen atoms in total. The Morgan fingerprint density at radius 2 is 2.06 bits per heavy atom. The van der Waals surface area contributed by atoms with Gasteiger partial charge in [0, 0.05) is 19.7 Å². The van der Waals surface area contributed by atoms with E-state index >= 15 is 0 Å². The van der Waals surface area contributed by atoms with Gasteiger partial charge in [0.1, 0.15) is 0 Å². The SMILES string of the molecule is O=C(c1cccs1)N1CCCC(C(=O)N(CC2CCCO2)c2nc3ccccc3s2)C1. The molecule has 2 aliphatic rings. The number of thiophene rings is 1. The van der Waals surface area contributed by atoms with E-state index in [1.165, 1.54) is 11.3 Å². The van der Waals surface area contributed by atoms with Crippen molar-refractivity contribution >= 4 is 49.8 Å². The second-order valence-electron chi connectivity index (χ2n) is 8.12. The number of aromatic nitrogens is 1. The molecular formula is C23H25N3O3S2. The van der Waals surface area contributed by atoms with Crippen LogP contribution in [0.25, 0.3) is 10.2 Å². The monoisotopic (exact) mass is 455 g/mol. The van der Waals surface area contributed by atoms with Gasteiger partial charge in [0.05, 0.1) is 33.7 Å². The van der Waals surface area contributed by atoms with E-state index in [1.54, 1.807) is 11.3 Å². The molecule has 0 N–H and O–H groups in total. The number of benzene rings is 1. The largest absolute Gasteiger partial charge is 0.376 e. The van der Waals surface area contributed by atoms with E-state index in [2.05, 4.69) is 0 Å². The molecule has 31 heavy (non-hydrogen) atoms. The predicted octanol–water partition coefficient (Wildman–Crippen LogP) is 4.42. The van der Waals surface area contributed by atoms with Crippen molar-refractivity contribution < 1.29 is 14.3 Å². The van der Waals surface area contributed by atoms with Crippen LogP contribution in [0.2, 0.25) is 0 Å². The summed E-state index contributed by atoms with van der Waals surface area (Å²) < 4.78 is 6.91. The van der Waals surface area contributed by atoms with Crippen LogP contribution >= 0.6 is 22.7 Å². The van der Waals surface area contributed by atoms with Gasteiger partial charge < -0.3 is 9.64 Å². The van der Waals surface area contributed by atoms with Gasteiger partial charge in [-0.05, 0) is 49.3 Å². The van der Waals surface area contributed by atoms with Crippen LogP contribution < -0.4 is 4.90 Å². The first kappa shape index (κ1) is 20.6.